The fourth-order valence-corrected chi connectivity index (χ4v) is 2.53. The molecule has 1 atom stereocenters. The van der Waals surface area contributed by atoms with Crippen LogP contribution < -0.4 is 5.32 Å². The van der Waals surface area contributed by atoms with Gasteiger partial charge in [-0.05, 0) is 42.0 Å². The normalized spacial score (nSPS) is 12.3. The minimum atomic E-state index is -0.970. The molecule has 0 aliphatic carbocycles. The Balaban J connectivity index is 1.83. The average Bonchev–Trinajstić information content (AvgIpc) is 2.97. The second-order valence-electron chi connectivity index (χ2n) is 5.19. The Morgan fingerprint density at radius 1 is 1.22 bits per heavy atom. The van der Waals surface area contributed by atoms with Gasteiger partial charge in [-0.3, -0.25) is 4.79 Å². The van der Waals surface area contributed by atoms with Crippen molar-refractivity contribution in [2.45, 2.75) is 6.10 Å². The number of nitrogens with one attached hydrogen (secondary N) is 2. The molecule has 0 aliphatic rings. The highest BCUT2D eigenvalue weighted by Gasteiger charge is 2.12. The molecule has 1 aromatic heterocycles. The number of halogens is 1. The smallest absolute Gasteiger partial charge is 0.272 e. The van der Waals surface area contributed by atoms with Crippen LogP contribution in [0.25, 0.3) is 10.9 Å². The van der Waals surface area contributed by atoms with E-state index in [4.69, 9.17) is 16.7 Å². The van der Waals surface area contributed by atoms with E-state index in [-0.39, 0.29) is 12.5 Å². The fraction of sp³-hybridized carbons (Fsp3) is 0.118. The zero-order chi connectivity index (χ0) is 16.4. The summed E-state index contributed by atoms with van der Waals surface area (Å²) in [4.78, 5) is 15.4. The molecule has 5 nitrogen and oxygen atoms in total. The fourth-order valence-electron chi connectivity index (χ4n) is 2.35. The van der Waals surface area contributed by atoms with E-state index >= 15 is 0 Å². The summed E-state index contributed by atoms with van der Waals surface area (Å²) >= 11 is 5.94. The van der Waals surface area contributed by atoms with Gasteiger partial charge in [0, 0.05) is 21.6 Å². The number of aromatic nitrogens is 1. The van der Waals surface area contributed by atoms with E-state index in [1.807, 2.05) is 6.07 Å². The lowest BCUT2D eigenvalue weighted by Gasteiger charge is -2.10. The number of fused-ring (bicyclic) bond motifs is 1. The monoisotopic (exact) mass is 330 g/mol. The average molecular weight is 331 g/mol. The molecule has 3 rings (SSSR count). The molecule has 0 spiro atoms. The second kappa shape index (κ2) is 6.42. The van der Waals surface area contributed by atoms with Gasteiger partial charge in [-0.15, -0.1) is 0 Å². The molecule has 118 valence electrons. The third kappa shape index (κ3) is 3.37. The van der Waals surface area contributed by atoms with Crippen LogP contribution in [0.2, 0.25) is 5.02 Å². The Bertz CT molecular complexity index is 860. The molecular formula is C17H15ClN2O3. The van der Waals surface area contributed by atoms with Crippen molar-refractivity contribution in [2.75, 3.05) is 11.9 Å². The quantitative estimate of drug-likeness (QED) is 0.593. The molecule has 6 heteroatoms. The van der Waals surface area contributed by atoms with Gasteiger partial charge < -0.3 is 20.5 Å². The first-order valence-electron chi connectivity index (χ1n) is 7.05. The Hall–Kier alpha value is -2.34. The second-order valence-corrected chi connectivity index (χ2v) is 5.63. The van der Waals surface area contributed by atoms with E-state index in [1.54, 1.807) is 42.5 Å². The van der Waals surface area contributed by atoms with E-state index < -0.39 is 6.10 Å². The SMILES string of the molecule is O=C(Nc1cccc(C(O)CO)c1)c1cc2cc(Cl)ccc2[nH]1. The number of H-pyrrole nitrogens is 1. The number of aliphatic hydroxyl groups excluding tert-OH is 2. The first-order chi connectivity index (χ1) is 11.1. The van der Waals surface area contributed by atoms with Crippen LogP contribution in [-0.4, -0.2) is 27.7 Å². The number of carbonyl (C=O) groups excluding carboxylic acids is 1. The van der Waals surface area contributed by atoms with E-state index in [1.165, 1.54) is 0 Å². The van der Waals surface area contributed by atoms with E-state index in [2.05, 4.69) is 10.3 Å². The van der Waals surface area contributed by atoms with Crippen molar-refractivity contribution in [1.82, 2.24) is 4.98 Å². The van der Waals surface area contributed by atoms with Gasteiger partial charge in [0.1, 0.15) is 11.8 Å². The van der Waals surface area contributed by atoms with Gasteiger partial charge >= 0.3 is 0 Å². The van der Waals surface area contributed by atoms with Crippen LogP contribution in [0, 0.1) is 0 Å². The first kappa shape index (κ1) is 15.6. The summed E-state index contributed by atoms with van der Waals surface area (Å²) in [6.07, 6.45) is -0.970. The molecule has 0 bridgehead atoms. The molecule has 3 aromatic rings. The Morgan fingerprint density at radius 3 is 2.83 bits per heavy atom. The standard InChI is InChI=1S/C17H15ClN2O3/c18-12-4-5-14-11(6-12)8-15(20-14)17(23)19-13-3-1-2-10(7-13)16(22)9-21/h1-8,16,20-22H,9H2,(H,19,23). The van der Waals surface area contributed by atoms with Gasteiger partial charge in [-0.25, -0.2) is 0 Å². The molecule has 0 saturated carbocycles. The molecule has 1 amide bonds. The molecule has 0 fully saturated rings. The molecule has 0 radical (unpaired) electrons. The van der Waals surface area contributed by atoms with Crippen LogP contribution in [0.3, 0.4) is 0 Å². The van der Waals surface area contributed by atoms with Gasteiger partial charge in [-0.1, -0.05) is 23.7 Å². The maximum Gasteiger partial charge on any atom is 0.272 e. The lowest BCUT2D eigenvalue weighted by Crippen LogP contribution is -2.12. The predicted octanol–water partition coefficient (Wildman–Crippen LogP) is 3.10. The number of amides is 1. The van der Waals surface area contributed by atoms with E-state index in [0.717, 1.165) is 10.9 Å². The van der Waals surface area contributed by atoms with Crippen molar-refractivity contribution in [3.8, 4) is 0 Å². The van der Waals surface area contributed by atoms with Gasteiger partial charge in [0.25, 0.3) is 5.91 Å². The van der Waals surface area contributed by atoms with Gasteiger partial charge in [0.2, 0.25) is 0 Å². The number of aliphatic hydroxyl groups is 2. The molecule has 1 heterocycles. The Kier molecular flexibility index (Phi) is 4.34. The zero-order valence-electron chi connectivity index (χ0n) is 12.1. The highest BCUT2D eigenvalue weighted by atomic mass is 35.5. The number of hydrogen-bond acceptors (Lipinski definition) is 3. The Labute approximate surface area is 137 Å². The van der Waals surface area contributed by atoms with Crippen molar-refractivity contribution in [2.24, 2.45) is 0 Å². The van der Waals surface area contributed by atoms with Crippen molar-refractivity contribution in [1.29, 1.82) is 0 Å². The summed E-state index contributed by atoms with van der Waals surface area (Å²) in [5.41, 5.74) is 2.31. The Morgan fingerprint density at radius 2 is 2.04 bits per heavy atom. The van der Waals surface area contributed by atoms with Crippen LogP contribution in [0.4, 0.5) is 5.69 Å². The van der Waals surface area contributed by atoms with Crippen LogP contribution >= 0.6 is 11.6 Å². The molecule has 1 unspecified atom stereocenters. The molecule has 23 heavy (non-hydrogen) atoms. The number of benzene rings is 2. The summed E-state index contributed by atoms with van der Waals surface area (Å²) in [5, 5.41) is 22.9. The highest BCUT2D eigenvalue weighted by molar-refractivity contribution is 6.31. The molecule has 0 saturated heterocycles. The largest absolute Gasteiger partial charge is 0.393 e. The maximum atomic E-state index is 12.3. The number of anilines is 1. The van der Waals surface area contributed by atoms with Crippen LogP contribution in [-0.2, 0) is 0 Å². The van der Waals surface area contributed by atoms with Gasteiger partial charge in [0.05, 0.1) is 6.61 Å². The highest BCUT2D eigenvalue weighted by Crippen LogP contribution is 2.21. The number of carbonyl (C=O) groups is 1. The van der Waals surface area contributed by atoms with Gasteiger partial charge in [0.15, 0.2) is 0 Å². The van der Waals surface area contributed by atoms with Gasteiger partial charge in [-0.2, -0.15) is 0 Å². The molecule has 0 aliphatic heterocycles. The third-order valence-electron chi connectivity index (χ3n) is 3.53. The zero-order valence-corrected chi connectivity index (χ0v) is 12.8. The summed E-state index contributed by atoms with van der Waals surface area (Å²) in [6.45, 7) is -0.375. The summed E-state index contributed by atoms with van der Waals surface area (Å²) < 4.78 is 0. The van der Waals surface area contributed by atoms with Crippen LogP contribution in [0.1, 0.15) is 22.2 Å². The summed E-state index contributed by atoms with van der Waals surface area (Å²) in [5.74, 6) is -0.298. The van der Waals surface area contributed by atoms with E-state index in [0.29, 0.717) is 22.0 Å². The number of hydrogen-bond donors (Lipinski definition) is 4. The number of rotatable bonds is 4. The molecule has 2 aromatic carbocycles. The van der Waals surface area contributed by atoms with Crippen molar-refractivity contribution in [3.05, 3.63) is 64.8 Å². The minimum absolute atomic E-state index is 0.298. The first-order valence-corrected chi connectivity index (χ1v) is 7.43. The summed E-state index contributed by atoms with van der Waals surface area (Å²) in [7, 11) is 0. The number of aromatic amines is 1. The van der Waals surface area contributed by atoms with E-state index in [9.17, 15) is 9.90 Å². The van der Waals surface area contributed by atoms with Crippen molar-refractivity contribution in [3.63, 3.8) is 0 Å². The molecular weight excluding hydrogens is 316 g/mol. The topological polar surface area (TPSA) is 85.3 Å². The maximum absolute atomic E-state index is 12.3. The minimum Gasteiger partial charge on any atom is -0.393 e. The predicted molar refractivity (Wildman–Crippen MR) is 89.7 cm³/mol. The van der Waals surface area contributed by atoms with Crippen molar-refractivity contribution < 1.29 is 15.0 Å². The van der Waals surface area contributed by atoms with Crippen molar-refractivity contribution >= 4 is 34.1 Å². The third-order valence-corrected chi connectivity index (χ3v) is 3.76. The summed E-state index contributed by atoms with van der Waals surface area (Å²) in [6, 6.07) is 13.8. The lowest BCUT2D eigenvalue weighted by molar-refractivity contribution is 0.0956. The van der Waals surface area contributed by atoms with Crippen LogP contribution in [0.5, 0.6) is 0 Å². The molecule has 4 N–H and O–H groups in total. The lowest BCUT2D eigenvalue weighted by atomic mass is 10.1. The van der Waals surface area contributed by atoms with Crippen LogP contribution in [0.15, 0.2) is 48.5 Å².